The van der Waals surface area contributed by atoms with Crippen LogP contribution in [0.1, 0.15) is 24.4 Å². The number of para-hydroxylation sites is 1. The molecule has 0 spiro atoms. The van der Waals surface area contributed by atoms with Gasteiger partial charge in [0.2, 0.25) is 5.91 Å². The van der Waals surface area contributed by atoms with Crippen molar-refractivity contribution in [1.82, 2.24) is 4.90 Å². The van der Waals surface area contributed by atoms with Crippen molar-refractivity contribution < 1.29 is 9.18 Å². The normalized spacial score (nSPS) is 18.1. The topological polar surface area (TPSA) is 23.6 Å². The van der Waals surface area contributed by atoms with Crippen molar-refractivity contribution in [2.75, 3.05) is 25.0 Å². The Hall–Kier alpha value is -2.20. The second kappa shape index (κ2) is 6.92. The molecule has 1 atom stereocenters. The lowest BCUT2D eigenvalue weighted by Crippen LogP contribution is -2.38. The van der Waals surface area contributed by atoms with E-state index in [-0.39, 0.29) is 17.8 Å². The fourth-order valence-corrected chi connectivity index (χ4v) is 3.15. The predicted molar refractivity (Wildman–Crippen MR) is 89.8 cm³/mol. The second-order valence-corrected chi connectivity index (χ2v) is 5.97. The highest BCUT2D eigenvalue weighted by Crippen LogP contribution is 2.31. The van der Waals surface area contributed by atoms with Gasteiger partial charge in [0, 0.05) is 18.8 Å². The molecular weight excluding hydrogens is 291 g/mol. The Kier molecular flexibility index (Phi) is 4.72. The molecule has 1 fully saturated rings. The zero-order chi connectivity index (χ0) is 16.2. The number of anilines is 1. The summed E-state index contributed by atoms with van der Waals surface area (Å²) in [7, 11) is 1.81. The number of hydrogen-bond acceptors (Lipinski definition) is 2. The molecule has 0 aromatic heterocycles. The maximum Gasteiger partial charge on any atom is 0.240 e. The summed E-state index contributed by atoms with van der Waals surface area (Å²) >= 11 is 0. The van der Waals surface area contributed by atoms with Gasteiger partial charge in [0.05, 0.1) is 6.54 Å². The highest BCUT2D eigenvalue weighted by atomic mass is 19.1. The summed E-state index contributed by atoms with van der Waals surface area (Å²) in [4.78, 5) is 16.4. The molecule has 0 N–H and O–H groups in total. The third-order valence-corrected chi connectivity index (χ3v) is 4.47. The van der Waals surface area contributed by atoms with E-state index < -0.39 is 0 Å². The molecule has 0 unspecified atom stereocenters. The number of benzene rings is 2. The van der Waals surface area contributed by atoms with Crippen molar-refractivity contribution in [2.24, 2.45) is 0 Å². The molecule has 1 amide bonds. The summed E-state index contributed by atoms with van der Waals surface area (Å²) in [5.74, 6) is -0.150. The fraction of sp³-hybridized carbons (Fsp3) is 0.316. The Morgan fingerprint density at radius 1 is 1.17 bits per heavy atom. The minimum absolute atomic E-state index is 0.0743. The molecule has 1 aliphatic heterocycles. The van der Waals surface area contributed by atoms with Crippen LogP contribution >= 0.6 is 0 Å². The maximum atomic E-state index is 13.1. The standard InChI is InChI=1S/C19H21FN2O/c1-21(17-6-3-2-4-7-17)19(23)14-22-13-5-8-18(22)15-9-11-16(20)12-10-15/h2-4,6-7,9-12,18H,5,8,13-14H2,1H3/t18-/m0/s1. The predicted octanol–water partition coefficient (Wildman–Crippen LogP) is 3.63. The van der Waals surface area contributed by atoms with E-state index in [1.54, 1.807) is 11.9 Å². The van der Waals surface area contributed by atoms with Crippen molar-refractivity contribution in [3.8, 4) is 0 Å². The van der Waals surface area contributed by atoms with Gasteiger partial charge in [-0.2, -0.15) is 0 Å². The number of hydrogen-bond donors (Lipinski definition) is 0. The first-order valence-corrected chi connectivity index (χ1v) is 7.96. The fourth-order valence-electron chi connectivity index (χ4n) is 3.15. The van der Waals surface area contributed by atoms with Crippen LogP contribution in [-0.2, 0) is 4.79 Å². The van der Waals surface area contributed by atoms with Crippen molar-refractivity contribution in [1.29, 1.82) is 0 Å². The van der Waals surface area contributed by atoms with Gasteiger partial charge >= 0.3 is 0 Å². The zero-order valence-electron chi connectivity index (χ0n) is 13.3. The van der Waals surface area contributed by atoms with Crippen molar-refractivity contribution in [3.63, 3.8) is 0 Å². The minimum atomic E-state index is -0.224. The summed E-state index contributed by atoms with van der Waals surface area (Å²) in [6.45, 7) is 1.28. The second-order valence-electron chi connectivity index (χ2n) is 5.97. The lowest BCUT2D eigenvalue weighted by atomic mass is 10.0. The molecule has 120 valence electrons. The largest absolute Gasteiger partial charge is 0.314 e. The van der Waals surface area contributed by atoms with Crippen LogP contribution in [0, 0.1) is 5.82 Å². The van der Waals surface area contributed by atoms with Crippen molar-refractivity contribution >= 4 is 11.6 Å². The van der Waals surface area contributed by atoms with Gasteiger partial charge < -0.3 is 4.90 Å². The summed E-state index contributed by atoms with van der Waals surface area (Å²) in [6, 6.07) is 16.5. The first-order valence-electron chi connectivity index (χ1n) is 7.96. The lowest BCUT2D eigenvalue weighted by Gasteiger charge is -2.27. The molecular formula is C19H21FN2O. The van der Waals surface area contributed by atoms with Crippen LogP contribution in [0.2, 0.25) is 0 Å². The number of nitrogens with zero attached hydrogens (tertiary/aromatic N) is 2. The minimum Gasteiger partial charge on any atom is -0.314 e. The summed E-state index contributed by atoms with van der Waals surface area (Å²) in [5, 5.41) is 0. The van der Waals surface area contributed by atoms with E-state index in [9.17, 15) is 9.18 Å². The highest BCUT2D eigenvalue weighted by molar-refractivity contribution is 5.94. The van der Waals surface area contributed by atoms with Crippen molar-refractivity contribution in [3.05, 3.63) is 66.0 Å². The Labute approximate surface area is 136 Å². The van der Waals surface area contributed by atoms with Crippen LogP contribution in [0.15, 0.2) is 54.6 Å². The number of carbonyl (C=O) groups excluding carboxylic acids is 1. The first-order chi connectivity index (χ1) is 11.1. The molecule has 0 saturated carbocycles. The smallest absolute Gasteiger partial charge is 0.240 e. The Bertz CT molecular complexity index is 657. The van der Waals surface area contributed by atoms with E-state index in [0.29, 0.717) is 6.54 Å². The summed E-state index contributed by atoms with van der Waals surface area (Å²) in [5.41, 5.74) is 1.98. The quantitative estimate of drug-likeness (QED) is 0.861. The molecule has 1 aliphatic rings. The van der Waals surface area contributed by atoms with Gasteiger partial charge in [-0.15, -0.1) is 0 Å². The molecule has 2 aromatic carbocycles. The monoisotopic (exact) mass is 312 g/mol. The van der Waals surface area contributed by atoms with Crippen LogP contribution in [0.5, 0.6) is 0 Å². The average molecular weight is 312 g/mol. The number of carbonyl (C=O) groups is 1. The van der Waals surface area contributed by atoms with Gasteiger partial charge in [0.25, 0.3) is 0 Å². The summed E-state index contributed by atoms with van der Waals surface area (Å²) < 4.78 is 13.1. The van der Waals surface area contributed by atoms with E-state index in [2.05, 4.69) is 4.90 Å². The van der Waals surface area contributed by atoms with E-state index in [4.69, 9.17) is 0 Å². The average Bonchev–Trinajstić information content (AvgIpc) is 3.03. The first kappa shape index (κ1) is 15.7. The molecule has 23 heavy (non-hydrogen) atoms. The molecule has 3 nitrogen and oxygen atoms in total. The van der Waals surface area contributed by atoms with Crippen LogP contribution in [0.3, 0.4) is 0 Å². The van der Waals surface area contributed by atoms with Crippen LogP contribution < -0.4 is 4.90 Å². The molecule has 0 aliphatic carbocycles. The van der Waals surface area contributed by atoms with E-state index in [1.807, 2.05) is 42.5 Å². The third kappa shape index (κ3) is 3.59. The Morgan fingerprint density at radius 3 is 2.57 bits per heavy atom. The van der Waals surface area contributed by atoms with Gasteiger partial charge in [-0.05, 0) is 49.2 Å². The zero-order valence-corrected chi connectivity index (χ0v) is 13.3. The molecule has 1 heterocycles. The van der Waals surface area contributed by atoms with Gasteiger partial charge in [-0.1, -0.05) is 30.3 Å². The SMILES string of the molecule is CN(C(=O)CN1CCC[C@H]1c1ccc(F)cc1)c1ccccc1. The Balaban J connectivity index is 1.69. The number of amides is 1. The van der Waals surface area contributed by atoms with Crippen LogP contribution in [0.25, 0.3) is 0 Å². The third-order valence-electron chi connectivity index (χ3n) is 4.47. The number of rotatable bonds is 4. The molecule has 2 aromatic rings. The Morgan fingerprint density at radius 2 is 1.87 bits per heavy atom. The molecule has 1 saturated heterocycles. The van der Waals surface area contributed by atoms with Crippen molar-refractivity contribution in [2.45, 2.75) is 18.9 Å². The number of likely N-dealkylation sites (N-methyl/N-ethyl adjacent to an activating group) is 1. The maximum absolute atomic E-state index is 13.1. The molecule has 4 heteroatoms. The molecule has 3 rings (SSSR count). The van der Waals surface area contributed by atoms with E-state index >= 15 is 0 Å². The van der Waals surface area contributed by atoms with Gasteiger partial charge in [-0.3, -0.25) is 9.69 Å². The highest BCUT2D eigenvalue weighted by Gasteiger charge is 2.28. The van der Waals surface area contributed by atoms with E-state index in [1.165, 1.54) is 12.1 Å². The van der Waals surface area contributed by atoms with Crippen LogP contribution in [-0.4, -0.2) is 30.9 Å². The summed E-state index contributed by atoms with van der Waals surface area (Å²) in [6.07, 6.45) is 2.07. The van der Waals surface area contributed by atoms with Gasteiger partial charge in [0.15, 0.2) is 0 Å². The van der Waals surface area contributed by atoms with E-state index in [0.717, 1.165) is 30.6 Å². The van der Waals surface area contributed by atoms with Crippen LogP contribution in [0.4, 0.5) is 10.1 Å². The molecule has 0 bridgehead atoms. The van der Waals surface area contributed by atoms with Gasteiger partial charge in [-0.25, -0.2) is 4.39 Å². The molecule has 0 radical (unpaired) electrons. The van der Waals surface area contributed by atoms with Gasteiger partial charge in [0.1, 0.15) is 5.82 Å². The number of likely N-dealkylation sites (tertiary alicyclic amines) is 1. The number of halogens is 1. The lowest BCUT2D eigenvalue weighted by molar-refractivity contribution is -0.119.